The summed E-state index contributed by atoms with van der Waals surface area (Å²) in [7, 11) is 0. The van der Waals surface area contributed by atoms with Crippen LogP contribution in [0.2, 0.25) is 0 Å². The summed E-state index contributed by atoms with van der Waals surface area (Å²) in [6, 6.07) is 0. The molecule has 0 radical (unpaired) electrons. The van der Waals surface area contributed by atoms with Gasteiger partial charge in [0.1, 0.15) is 19.5 Å². The lowest BCUT2D eigenvalue weighted by Gasteiger charge is -2.65. The van der Waals surface area contributed by atoms with E-state index in [9.17, 15) is 0 Å². The Hall–Kier alpha value is 2.96. The first kappa shape index (κ1) is 20.2. The van der Waals surface area contributed by atoms with Crippen molar-refractivity contribution in [3.63, 3.8) is 0 Å². The number of hydrogen-bond donors (Lipinski definition) is 0. The maximum atomic E-state index is 6.82. The summed E-state index contributed by atoms with van der Waals surface area (Å²) in [6.07, 6.45) is 0. The van der Waals surface area contributed by atoms with Gasteiger partial charge in [0.05, 0.1) is 20.1 Å². The number of halogens is 12. The molecule has 0 aromatic heterocycles. The van der Waals surface area contributed by atoms with Crippen LogP contribution in [0.5, 0.6) is 0 Å². The molecule has 0 nitrogen and oxygen atoms in total. The summed E-state index contributed by atoms with van der Waals surface area (Å²) in [5.74, 6) is -1.66. The number of fused-ring (bicyclic) bond motifs is 8. The monoisotopic (exact) mass is 566 g/mol. The van der Waals surface area contributed by atoms with Crippen molar-refractivity contribution in [2.45, 2.75) is 28.2 Å². The van der Waals surface area contributed by atoms with E-state index in [4.69, 9.17) is 139 Å². The van der Waals surface area contributed by atoms with E-state index in [1.54, 1.807) is 0 Å². The molecule has 134 valence electrons. The van der Waals surface area contributed by atoms with Crippen molar-refractivity contribution in [1.29, 1.82) is 0 Å². The Bertz CT molecular complexity index is 768. The van der Waals surface area contributed by atoms with E-state index in [0.29, 0.717) is 0 Å². The lowest BCUT2D eigenvalue weighted by molar-refractivity contribution is 0.0642. The number of alkyl halides is 8. The first-order chi connectivity index (χ1) is 10.6. The third kappa shape index (κ3) is 1.46. The van der Waals surface area contributed by atoms with Gasteiger partial charge in [-0.15, -0.1) is 46.4 Å². The van der Waals surface area contributed by atoms with E-state index in [1.165, 1.54) is 0 Å². The first-order valence-electron chi connectivity index (χ1n) is 6.26. The Morgan fingerprint density at radius 1 is 0.500 bits per heavy atom. The molecule has 4 rings (SSSR count). The average molecular weight is 572 g/mol. The highest BCUT2D eigenvalue weighted by Gasteiger charge is 2.99. The van der Waals surface area contributed by atoms with Gasteiger partial charge in [-0.05, 0) is 0 Å². The Labute approximate surface area is 197 Å². The summed E-state index contributed by atoms with van der Waals surface area (Å²) >= 11 is 78.3. The van der Waals surface area contributed by atoms with Crippen LogP contribution in [0.3, 0.4) is 0 Å². The molecule has 0 N–H and O–H groups in total. The maximum absolute atomic E-state index is 6.82. The molecule has 0 aliphatic heterocycles. The second-order valence-electron chi connectivity index (χ2n) is 6.21. The van der Waals surface area contributed by atoms with E-state index in [0.717, 1.165) is 0 Å². The zero-order valence-corrected chi connectivity index (χ0v) is 19.8. The van der Waals surface area contributed by atoms with Crippen molar-refractivity contribution in [1.82, 2.24) is 0 Å². The summed E-state index contributed by atoms with van der Waals surface area (Å²) in [5.41, 5.74) is 0. The summed E-state index contributed by atoms with van der Waals surface area (Å²) in [5, 5.41) is -0.222. The zero-order valence-electron chi connectivity index (χ0n) is 10.7. The highest BCUT2D eigenvalue weighted by molar-refractivity contribution is 6.70. The van der Waals surface area contributed by atoms with Crippen molar-refractivity contribution in [2.75, 3.05) is 0 Å². The lowest BCUT2D eigenvalue weighted by atomic mass is 9.52. The minimum absolute atomic E-state index is 0.0203. The van der Waals surface area contributed by atoms with Gasteiger partial charge in [0, 0.05) is 11.8 Å². The van der Waals surface area contributed by atoms with Gasteiger partial charge in [-0.2, -0.15) is 0 Å². The van der Waals surface area contributed by atoms with Crippen molar-refractivity contribution in [2.24, 2.45) is 11.8 Å². The number of rotatable bonds is 0. The van der Waals surface area contributed by atoms with E-state index in [-0.39, 0.29) is 20.1 Å². The van der Waals surface area contributed by atoms with Crippen molar-refractivity contribution in [3.05, 3.63) is 20.1 Å². The topological polar surface area (TPSA) is 0 Å². The first-order valence-corrected chi connectivity index (χ1v) is 10.8. The normalized spacial score (nSPS) is 56.5. The van der Waals surface area contributed by atoms with Gasteiger partial charge in [0.2, 0.25) is 0 Å². The molecule has 12 heteroatoms. The van der Waals surface area contributed by atoms with Crippen LogP contribution in [-0.2, 0) is 0 Å². The molecule has 4 aliphatic rings. The fourth-order valence-corrected chi connectivity index (χ4v) is 10.7. The Morgan fingerprint density at radius 3 is 1.33 bits per heavy atom. The van der Waals surface area contributed by atoms with Gasteiger partial charge in [-0.1, -0.05) is 92.8 Å². The molecule has 0 amide bonds. The van der Waals surface area contributed by atoms with Crippen LogP contribution in [-0.4, -0.2) is 28.2 Å². The molecule has 0 aromatic rings. The molecule has 2 fully saturated rings. The summed E-state index contributed by atoms with van der Waals surface area (Å²) in [6.45, 7) is 0. The highest BCUT2D eigenvalue weighted by Crippen LogP contribution is 2.91. The largest absolute Gasteiger partial charge is 0.176 e. The van der Waals surface area contributed by atoms with Crippen LogP contribution < -0.4 is 0 Å². The Balaban J connectivity index is 2.09. The molecule has 2 saturated carbocycles. The summed E-state index contributed by atoms with van der Waals surface area (Å²) < 4.78 is -3.70. The molecule has 24 heavy (non-hydrogen) atoms. The van der Waals surface area contributed by atoms with Crippen LogP contribution >= 0.6 is 139 Å². The molecular weight excluding hydrogens is 570 g/mol. The van der Waals surface area contributed by atoms with E-state index in [1.807, 2.05) is 0 Å². The molecule has 2 bridgehead atoms. The van der Waals surface area contributed by atoms with Crippen LogP contribution in [0, 0.1) is 11.8 Å². The SMILES string of the molecule is ClC1=C(Cl)[C@]2(Cl)[C@H]3[C@@H]([C@]4(Cl)C(Cl)=C(Cl)[C@]3(Cl)C4(Cl)Cl)[C@@]2(Cl)C1(Cl)Cl. The molecular formula is C12H2Cl12. The van der Waals surface area contributed by atoms with Gasteiger partial charge in [-0.3, -0.25) is 0 Å². The zero-order chi connectivity index (χ0) is 18.5. The Morgan fingerprint density at radius 2 is 0.875 bits per heavy atom. The fraction of sp³-hybridized carbons (Fsp3) is 0.667. The molecule has 4 aliphatic carbocycles. The quantitative estimate of drug-likeness (QED) is 0.259. The summed E-state index contributed by atoms with van der Waals surface area (Å²) in [4.78, 5) is -6.55. The van der Waals surface area contributed by atoms with Crippen molar-refractivity contribution >= 4 is 139 Å². The van der Waals surface area contributed by atoms with Crippen molar-refractivity contribution < 1.29 is 0 Å². The Kier molecular flexibility index (Phi) is 4.20. The van der Waals surface area contributed by atoms with Gasteiger partial charge in [0.25, 0.3) is 0 Å². The van der Waals surface area contributed by atoms with Gasteiger partial charge < -0.3 is 0 Å². The predicted octanol–water partition coefficient (Wildman–Crippen LogP) is 7.91. The fourth-order valence-electron chi connectivity index (χ4n) is 4.52. The van der Waals surface area contributed by atoms with E-state index in [2.05, 4.69) is 0 Å². The highest BCUT2D eigenvalue weighted by atomic mass is 35.5. The maximum Gasteiger partial charge on any atom is 0.176 e. The minimum atomic E-state index is -1.86. The molecule has 0 unspecified atom stereocenters. The minimum Gasteiger partial charge on any atom is -0.113 e. The lowest BCUT2D eigenvalue weighted by Crippen LogP contribution is -2.78. The van der Waals surface area contributed by atoms with Crippen LogP contribution in [0.25, 0.3) is 0 Å². The van der Waals surface area contributed by atoms with Crippen LogP contribution in [0.4, 0.5) is 0 Å². The van der Waals surface area contributed by atoms with E-state index < -0.39 is 40.0 Å². The standard InChI is InChI=1S/C12H2Cl12/c13-3-4(14)9(19)2-1(8(3,18)12(9,23)24)7(17)5(15)6(16)11(21,22)10(2,7)20/h1-2H/t1-,2+,7-,8+,9+,10+/m1/s1. The predicted molar refractivity (Wildman–Crippen MR) is 108 cm³/mol. The number of allylic oxidation sites excluding steroid dienone is 4. The second kappa shape index (κ2) is 4.98. The smallest absolute Gasteiger partial charge is 0.113 e. The third-order valence-corrected chi connectivity index (χ3v) is 14.0. The molecule has 0 aromatic carbocycles. The third-order valence-electron chi connectivity index (χ3n) is 5.57. The molecule has 6 atom stereocenters. The van der Waals surface area contributed by atoms with E-state index >= 15 is 0 Å². The molecule has 0 saturated heterocycles. The van der Waals surface area contributed by atoms with Gasteiger partial charge in [0.15, 0.2) is 8.67 Å². The van der Waals surface area contributed by atoms with Crippen LogP contribution in [0.1, 0.15) is 0 Å². The molecule has 0 spiro atoms. The van der Waals surface area contributed by atoms with Crippen LogP contribution in [0.15, 0.2) is 20.1 Å². The second-order valence-corrected chi connectivity index (χ2v) is 12.8. The van der Waals surface area contributed by atoms with Crippen molar-refractivity contribution in [3.8, 4) is 0 Å². The van der Waals surface area contributed by atoms with Gasteiger partial charge >= 0.3 is 0 Å². The molecule has 0 heterocycles. The van der Waals surface area contributed by atoms with Gasteiger partial charge in [-0.25, -0.2) is 0 Å². The number of hydrogen-bond acceptors (Lipinski definition) is 0. The average Bonchev–Trinajstić information content (AvgIpc) is 2.73.